The first-order valence-electron chi connectivity index (χ1n) is 19.2. The Hall–Kier alpha value is -5.64. The molecule has 2 aromatic heterocycles. The van der Waals surface area contributed by atoms with Crippen molar-refractivity contribution in [2.24, 2.45) is 16.8 Å². The van der Waals surface area contributed by atoms with E-state index in [4.69, 9.17) is 25.4 Å². The van der Waals surface area contributed by atoms with E-state index in [0.717, 1.165) is 74.4 Å². The van der Waals surface area contributed by atoms with Crippen molar-refractivity contribution in [3.8, 4) is 11.1 Å². The van der Waals surface area contributed by atoms with Crippen LogP contribution in [0.1, 0.15) is 61.8 Å². The van der Waals surface area contributed by atoms with Gasteiger partial charge in [-0.2, -0.15) is 0 Å². The van der Waals surface area contributed by atoms with Gasteiger partial charge in [-0.25, -0.2) is 0 Å². The molecular formula is C50H40ClNO2. The zero-order chi connectivity index (χ0) is 36.3. The Morgan fingerprint density at radius 2 is 1.30 bits per heavy atom. The molecule has 0 aliphatic carbocycles. The number of benzene rings is 7. The summed E-state index contributed by atoms with van der Waals surface area (Å²) in [6.07, 6.45) is 3.00. The predicted molar refractivity (Wildman–Crippen MR) is 226 cm³/mol. The Balaban J connectivity index is 1.15. The molecule has 3 unspecified atom stereocenters. The topological polar surface area (TPSA) is 38.6 Å². The molecule has 264 valence electrons. The molecule has 4 atom stereocenters. The molecule has 0 saturated carbocycles. The average Bonchev–Trinajstić information content (AvgIpc) is 3.79. The predicted octanol–water partition coefficient (Wildman–Crippen LogP) is 14.7. The summed E-state index contributed by atoms with van der Waals surface area (Å²) in [5.41, 5.74) is 10.7. The number of fused-ring (bicyclic) bond motifs is 8. The number of hydrogen-bond donors (Lipinski definition) is 0. The smallest absolute Gasteiger partial charge is 0.154 e. The fraction of sp³-hybridized carbons (Fsp3) is 0.180. The number of rotatable bonds is 5. The van der Waals surface area contributed by atoms with Crippen LogP contribution < -0.4 is 0 Å². The first-order valence-corrected chi connectivity index (χ1v) is 19.6. The van der Waals surface area contributed by atoms with E-state index in [-0.39, 0.29) is 17.9 Å². The molecule has 9 aromatic rings. The summed E-state index contributed by atoms with van der Waals surface area (Å²) < 4.78 is 12.7. The van der Waals surface area contributed by atoms with Gasteiger partial charge in [0.15, 0.2) is 5.58 Å². The fourth-order valence-corrected chi connectivity index (χ4v) is 9.43. The molecule has 0 fully saturated rings. The van der Waals surface area contributed by atoms with Crippen LogP contribution in [0.25, 0.3) is 65.8 Å². The monoisotopic (exact) mass is 721 g/mol. The second-order valence-corrected chi connectivity index (χ2v) is 15.5. The van der Waals surface area contributed by atoms with Gasteiger partial charge in [0, 0.05) is 33.2 Å². The van der Waals surface area contributed by atoms with Gasteiger partial charge in [-0.3, -0.25) is 4.99 Å². The maximum atomic E-state index is 7.18. The van der Waals surface area contributed by atoms with Gasteiger partial charge in [-0.05, 0) is 112 Å². The van der Waals surface area contributed by atoms with E-state index < -0.39 is 0 Å². The van der Waals surface area contributed by atoms with Gasteiger partial charge >= 0.3 is 0 Å². The molecule has 3 nitrogen and oxygen atoms in total. The number of aliphatic imine (C=N–C) groups is 1. The van der Waals surface area contributed by atoms with Crippen LogP contribution in [0, 0.1) is 11.8 Å². The van der Waals surface area contributed by atoms with Crippen LogP contribution in [0.3, 0.4) is 0 Å². The molecule has 0 amide bonds. The van der Waals surface area contributed by atoms with Crippen molar-refractivity contribution in [3.63, 3.8) is 0 Å². The van der Waals surface area contributed by atoms with Crippen LogP contribution in [0.4, 0.5) is 0 Å². The molecule has 10 rings (SSSR count). The third-order valence-corrected chi connectivity index (χ3v) is 12.2. The van der Waals surface area contributed by atoms with Gasteiger partial charge in [-0.1, -0.05) is 129 Å². The largest absolute Gasteiger partial charge is 0.456 e. The molecule has 3 heterocycles. The van der Waals surface area contributed by atoms with Gasteiger partial charge in [0.1, 0.15) is 16.7 Å². The number of nitrogens with zero attached hydrogens (tertiary/aromatic N) is 1. The highest BCUT2D eigenvalue weighted by molar-refractivity contribution is 6.36. The van der Waals surface area contributed by atoms with Crippen LogP contribution in [-0.2, 0) is 0 Å². The summed E-state index contributed by atoms with van der Waals surface area (Å²) in [7, 11) is 0. The van der Waals surface area contributed by atoms with E-state index in [1.807, 2.05) is 12.1 Å². The molecule has 0 N–H and O–H groups in total. The van der Waals surface area contributed by atoms with Crippen LogP contribution in [0.5, 0.6) is 0 Å². The lowest BCUT2D eigenvalue weighted by atomic mass is 9.73. The summed E-state index contributed by atoms with van der Waals surface area (Å²) in [6.45, 7) is 4.69. The molecular weight excluding hydrogens is 682 g/mol. The molecule has 0 bridgehead atoms. The minimum atomic E-state index is 0.0202. The molecule has 0 saturated heterocycles. The Kier molecular flexibility index (Phi) is 8.14. The molecule has 1 aliphatic heterocycles. The van der Waals surface area contributed by atoms with E-state index >= 15 is 0 Å². The Morgan fingerprint density at radius 3 is 2.13 bits per heavy atom. The van der Waals surface area contributed by atoms with Crippen LogP contribution in [0.2, 0.25) is 5.02 Å². The quantitative estimate of drug-likeness (QED) is 0.177. The zero-order valence-corrected chi connectivity index (χ0v) is 31.2. The molecule has 0 radical (unpaired) electrons. The van der Waals surface area contributed by atoms with E-state index in [1.165, 1.54) is 33.0 Å². The number of para-hydroxylation sites is 1. The van der Waals surface area contributed by atoms with Crippen LogP contribution in [0.15, 0.2) is 159 Å². The van der Waals surface area contributed by atoms with Crippen molar-refractivity contribution in [1.82, 2.24) is 0 Å². The highest BCUT2D eigenvalue weighted by Crippen LogP contribution is 2.46. The number of furan rings is 2. The third kappa shape index (κ3) is 5.53. The van der Waals surface area contributed by atoms with Gasteiger partial charge in [0.25, 0.3) is 0 Å². The fourth-order valence-electron chi connectivity index (χ4n) is 9.16. The third-order valence-electron chi connectivity index (χ3n) is 11.9. The minimum absolute atomic E-state index is 0.0202. The van der Waals surface area contributed by atoms with Crippen molar-refractivity contribution in [1.29, 1.82) is 0 Å². The van der Waals surface area contributed by atoms with E-state index in [0.29, 0.717) is 10.9 Å². The Labute approximate surface area is 319 Å². The van der Waals surface area contributed by atoms with Crippen LogP contribution >= 0.6 is 11.6 Å². The minimum Gasteiger partial charge on any atom is -0.456 e. The second-order valence-electron chi connectivity index (χ2n) is 15.1. The second kappa shape index (κ2) is 13.3. The van der Waals surface area contributed by atoms with E-state index in [9.17, 15) is 0 Å². The van der Waals surface area contributed by atoms with Gasteiger partial charge in [-0.15, -0.1) is 0 Å². The van der Waals surface area contributed by atoms with E-state index in [1.54, 1.807) is 0 Å². The van der Waals surface area contributed by atoms with Gasteiger partial charge in [0.05, 0.1) is 11.1 Å². The molecule has 4 heteroatoms. The summed E-state index contributed by atoms with van der Waals surface area (Å²) >= 11 is 7.18. The molecule has 0 spiro atoms. The standard InChI is InChI=1S/C50H40ClNO2/c1-3-37-38(36-28-42-47-39-14-8-7-13-33(39)22-26-46(47)54-50(42)43(51)29-36)24-17-30(2)48(34-20-18-32(19-21-34)31-11-5-4-6-12-31)52-49(37)35-23-25-45-41(27-35)40-15-9-10-16-44(40)53-45/h4-16,18-23,25-30,37-38,48H,3,17,24H2,1-2H3/b52-49-/t30-,37?,38?,48?/m1/s1. The van der Waals surface area contributed by atoms with Crippen molar-refractivity contribution in [3.05, 3.63) is 167 Å². The Bertz CT molecular complexity index is 2860. The highest BCUT2D eigenvalue weighted by atomic mass is 35.5. The Morgan fingerprint density at radius 1 is 0.593 bits per heavy atom. The van der Waals surface area contributed by atoms with Crippen molar-refractivity contribution in [2.75, 3.05) is 0 Å². The van der Waals surface area contributed by atoms with Gasteiger partial charge in [0.2, 0.25) is 0 Å². The van der Waals surface area contributed by atoms with Crippen molar-refractivity contribution >= 4 is 72.0 Å². The SMILES string of the molecule is CCC1/C(c2ccc3oc4ccccc4c3c2)=N\C(c2ccc(-c3ccccc3)cc2)[C@H](C)CCC1c1cc(Cl)c2oc3ccc4ccccc4c3c2c1. The van der Waals surface area contributed by atoms with Crippen LogP contribution in [-0.4, -0.2) is 5.71 Å². The summed E-state index contributed by atoms with van der Waals surface area (Å²) in [5.74, 6) is 0.679. The molecule has 1 aliphatic rings. The normalized spacial score (nSPS) is 20.4. The van der Waals surface area contributed by atoms with Crippen molar-refractivity contribution < 1.29 is 8.83 Å². The lowest BCUT2D eigenvalue weighted by Gasteiger charge is -2.35. The van der Waals surface area contributed by atoms with Gasteiger partial charge < -0.3 is 8.83 Å². The van der Waals surface area contributed by atoms with Crippen molar-refractivity contribution in [2.45, 2.75) is 45.1 Å². The summed E-state index contributed by atoms with van der Waals surface area (Å²) in [5, 5.41) is 7.50. The number of hydrogen-bond acceptors (Lipinski definition) is 3. The van der Waals surface area contributed by atoms with E-state index in [2.05, 4.69) is 147 Å². The first kappa shape index (κ1) is 33.0. The highest BCUT2D eigenvalue weighted by Gasteiger charge is 2.34. The average molecular weight is 722 g/mol. The lowest BCUT2D eigenvalue weighted by molar-refractivity contribution is 0.362. The number of halogens is 1. The maximum absolute atomic E-state index is 7.18. The molecule has 54 heavy (non-hydrogen) atoms. The maximum Gasteiger partial charge on any atom is 0.154 e. The lowest BCUT2D eigenvalue weighted by Crippen LogP contribution is -2.28. The summed E-state index contributed by atoms with van der Waals surface area (Å²) in [4.78, 5) is 5.86. The first-order chi connectivity index (χ1) is 26.5. The summed E-state index contributed by atoms with van der Waals surface area (Å²) in [6, 6.07) is 52.0. The zero-order valence-electron chi connectivity index (χ0n) is 30.4. The molecule has 7 aromatic carbocycles.